The number of likely N-dealkylation sites (N-methyl/N-ethyl adjacent to an activating group) is 1. The summed E-state index contributed by atoms with van der Waals surface area (Å²) in [6, 6.07) is 3.90. The van der Waals surface area contributed by atoms with Crippen LogP contribution in [-0.4, -0.2) is 66.9 Å². The third kappa shape index (κ3) is 3.97. The number of hydrogen-bond acceptors (Lipinski definition) is 5. The van der Waals surface area contributed by atoms with Crippen molar-refractivity contribution in [2.45, 2.75) is 44.8 Å². The van der Waals surface area contributed by atoms with Gasteiger partial charge >= 0.3 is 5.97 Å². The molecular weight excluding hydrogens is 342 g/mol. The molecule has 3 aliphatic rings. The fraction of sp³-hybridized carbons (Fsp3) is 0.714. The van der Waals surface area contributed by atoms with E-state index in [-0.39, 0.29) is 6.10 Å². The lowest BCUT2D eigenvalue weighted by Gasteiger charge is -2.41. The zero-order valence-electron chi connectivity index (χ0n) is 16.6. The topological polar surface area (TPSA) is 65.9 Å². The van der Waals surface area contributed by atoms with Crippen molar-refractivity contribution >= 4 is 11.8 Å². The molecule has 1 aliphatic heterocycles. The Kier molecular flexibility index (Phi) is 5.12. The van der Waals surface area contributed by atoms with E-state index < -0.39 is 5.97 Å². The highest BCUT2D eigenvalue weighted by atomic mass is 16.5. The monoisotopic (exact) mass is 373 g/mol. The summed E-state index contributed by atoms with van der Waals surface area (Å²) >= 11 is 0. The van der Waals surface area contributed by atoms with Crippen molar-refractivity contribution in [2.75, 3.05) is 38.7 Å². The second kappa shape index (κ2) is 7.40. The Morgan fingerprint density at radius 1 is 1.26 bits per heavy atom. The van der Waals surface area contributed by atoms with E-state index in [1.165, 1.54) is 12.8 Å². The average molecular weight is 373 g/mol. The van der Waals surface area contributed by atoms with E-state index in [9.17, 15) is 9.90 Å². The second-order valence-corrected chi connectivity index (χ2v) is 8.87. The molecule has 148 valence electrons. The van der Waals surface area contributed by atoms with E-state index in [1.807, 2.05) is 6.92 Å². The van der Waals surface area contributed by atoms with Gasteiger partial charge in [0.1, 0.15) is 11.4 Å². The predicted octanol–water partition coefficient (Wildman–Crippen LogP) is 2.66. The Hall–Kier alpha value is -1.66. The number of aryl methyl sites for hydroxylation is 1. The summed E-state index contributed by atoms with van der Waals surface area (Å²) in [4.78, 5) is 20.7. The van der Waals surface area contributed by atoms with Crippen LogP contribution in [0.25, 0.3) is 0 Å². The molecule has 6 heteroatoms. The molecule has 27 heavy (non-hydrogen) atoms. The number of aromatic nitrogens is 1. The Bertz CT molecular complexity index is 704. The highest BCUT2D eigenvalue weighted by molar-refractivity contribution is 5.93. The van der Waals surface area contributed by atoms with Gasteiger partial charge in [-0.2, -0.15) is 0 Å². The summed E-state index contributed by atoms with van der Waals surface area (Å²) in [5.41, 5.74) is 1.17. The van der Waals surface area contributed by atoms with Crippen molar-refractivity contribution in [1.82, 2.24) is 9.88 Å². The van der Waals surface area contributed by atoms with Crippen molar-refractivity contribution < 1.29 is 14.6 Å². The van der Waals surface area contributed by atoms with Gasteiger partial charge in [-0.05, 0) is 76.6 Å². The van der Waals surface area contributed by atoms with Crippen molar-refractivity contribution in [3.05, 3.63) is 23.4 Å². The molecule has 6 nitrogen and oxygen atoms in total. The van der Waals surface area contributed by atoms with Crippen LogP contribution < -0.4 is 4.90 Å². The van der Waals surface area contributed by atoms with Crippen LogP contribution in [0.5, 0.6) is 0 Å². The summed E-state index contributed by atoms with van der Waals surface area (Å²) in [5.74, 6) is 1.63. The van der Waals surface area contributed by atoms with E-state index in [0.29, 0.717) is 29.3 Å². The lowest BCUT2D eigenvalue weighted by atomic mass is 9.77. The number of carbonyl (C=O) groups is 1. The average Bonchev–Trinajstić information content (AvgIpc) is 3.36. The molecular formula is C21H31N3O3. The van der Waals surface area contributed by atoms with Gasteiger partial charge < -0.3 is 19.6 Å². The van der Waals surface area contributed by atoms with Crippen molar-refractivity contribution in [1.29, 1.82) is 0 Å². The Balaban J connectivity index is 1.50. The molecule has 0 radical (unpaired) electrons. The highest BCUT2D eigenvalue weighted by Crippen LogP contribution is 2.41. The largest absolute Gasteiger partial charge is 0.478 e. The van der Waals surface area contributed by atoms with Gasteiger partial charge in [-0.25, -0.2) is 9.78 Å². The molecule has 1 aromatic heterocycles. The zero-order valence-corrected chi connectivity index (χ0v) is 16.6. The fourth-order valence-electron chi connectivity index (χ4n) is 4.78. The molecule has 1 N–H and O–H groups in total. The minimum absolute atomic E-state index is 0.284. The summed E-state index contributed by atoms with van der Waals surface area (Å²) < 4.78 is 6.34. The van der Waals surface area contributed by atoms with Crippen molar-refractivity contribution in [2.24, 2.45) is 17.8 Å². The number of fused-ring (bicyclic) bond motifs is 1. The third-order valence-electron chi connectivity index (χ3n) is 6.54. The predicted molar refractivity (Wildman–Crippen MR) is 104 cm³/mol. The lowest BCUT2D eigenvalue weighted by molar-refractivity contribution is -0.0493. The molecule has 2 saturated carbocycles. The highest BCUT2D eigenvalue weighted by Gasteiger charge is 2.44. The molecule has 0 bridgehead atoms. The van der Waals surface area contributed by atoms with E-state index in [0.717, 1.165) is 44.1 Å². The SMILES string of the molecule is Cc1ccc(C(=O)O)c(N2C[C@H]3C[C@@H](N(C)C)[C@H](OCC4CC4)C[C@H]3C2)n1. The number of carboxylic acids is 1. The van der Waals surface area contributed by atoms with Gasteiger partial charge in [-0.15, -0.1) is 0 Å². The molecule has 0 aromatic carbocycles. The summed E-state index contributed by atoms with van der Waals surface area (Å²) in [7, 11) is 4.30. The first-order valence-corrected chi connectivity index (χ1v) is 10.2. The zero-order chi connectivity index (χ0) is 19.1. The second-order valence-electron chi connectivity index (χ2n) is 8.87. The molecule has 1 saturated heterocycles. The van der Waals surface area contributed by atoms with Gasteiger partial charge in [0.15, 0.2) is 0 Å². The standard InChI is InChI=1S/C21H31N3O3/c1-13-4-7-17(21(25)26)20(22-13)24-10-15-8-18(23(2)3)19(9-16(15)11-24)27-12-14-5-6-14/h4,7,14-16,18-19H,5-6,8-12H2,1-3H3,(H,25,26)/t15-,16+,18-,19-/m1/s1. The maximum absolute atomic E-state index is 11.7. The van der Waals surface area contributed by atoms with E-state index in [2.05, 4.69) is 28.9 Å². The molecule has 1 aromatic rings. The number of rotatable bonds is 6. The van der Waals surface area contributed by atoms with Crippen molar-refractivity contribution in [3.8, 4) is 0 Å². The number of pyridine rings is 1. The number of ether oxygens (including phenoxy) is 1. The molecule has 4 atom stereocenters. The minimum atomic E-state index is -0.899. The smallest absolute Gasteiger partial charge is 0.339 e. The van der Waals surface area contributed by atoms with Crippen LogP contribution in [0.1, 0.15) is 41.7 Å². The normalized spacial score (nSPS) is 30.6. The van der Waals surface area contributed by atoms with Crippen LogP contribution in [0.2, 0.25) is 0 Å². The first-order valence-electron chi connectivity index (χ1n) is 10.2. The van der Waals surface area contributed by atoms with Gasteiger partial charge in [0.05, 0.1) is 6.10 Å². The van der Waals surface area contributed by atoms with E-state index in [1.54, 1.807) is 12.1 Å². The number of hydrogen-bond donors (Lipinski definition) is 1. The maximum atomic E-state index is 11.7. The molecule has 0 unspecified atom stereocenters. The van der Waals surface area contributed by atoms with Crippen LogP contribution >= 0.6 is 0 Å². The number of carboxylic acid groups (broad SMARTS) is 1. The summed E-state index contributed by atoms with van der Waals surface area (Å²) in [6.07, 6.45) is 5.08. The van der Waals surface area contributed by atoms with E-state index >= 15 is 0 Å². The number of anilines is 1. The van der Waals surface area contributed by atoms with Gasteiger partial charge in [-0.1, -0.05) is 0 Å². The van der Waals surface area contributed by atoms with Crippen LogP contribution in [0.15, 0.2) is 12.1 Å². The van der Waals surface area contributed by atoms with E-state index in [4.69, 9.17) is 4.74 Å². The quantitative estimate of drug-likeness (QED) is 0.827. The van der Waals surface area contributed by atoms with Crippen LogP contribution in [-0.2, 0) is 4.74 Å². The van der Waals surface area contributed by atoms with Crippen LogP contribution in [0, 0.1) is 24.7 Å². The Morgan fingerprint density at radius 3 is 2.59 bits per heavy atom. The van der Waals surface area contributed by atoms with Crippen LogP contribution in [0.4, 0.5) is 5.82 Å². The molecule has 2 aliphatic carbocycles. The Labute approximate surface area is 161 Å². The van der Waals surface area contributed by atoms with Crippen LogP contribution in [0.3, 0.4) is 0 Å². The number of nitrogens with zero attached hydrogens (tertiary/aromatic N) is 3. The van der Waals surface area contributed by atoms with Gasteiger partial charge in [-0.3, -0.25) is 0 Å². The molecule has 3 fully saturated rings. The fourth-order valence-corrected chi connectivity index (χ4v) is 4.78. The maximum Gasteiger partial charge on any atom is 0.339 e. The number of aromatic carboxylic acids is 1. The molecule has 4 rings (SSSR count). The molecule has 0 amide bonds. The first-order chi connectivity index (χ1) is 12.9. The minimum Gasteiger partial charge on any atom is -0.478 e. The van der Waals surface area contributed by atoms with Gasteiger partial charge in [0, 0.05) is 31.4 Å². The molecule has 0 spiro atoms. The van der Waals surface area contributed by atoms with Crippen molar-refractivity contribution in [3.63, 3.8) is 0 Å². The van der Waals surface area contributed by atoms with Gasteiger partial charge in [0.25, 0.3) is 0 Å². The van der Waals surface area contributed by atoms with Gasteiger partial charge in [0.2, 0.25) is 0 Å². The third-order valence-corrected chi connectivity index (χ3v) is 6.54. The molecule has 2 heterocycles. The Morgan fingerprint density at radius 2 is 1.96 bits per heavy atom. The first kappa shape index (κ1) is 18.7. The lowest BCUT2D eigenvalue weighted by Crippen LogP contribution is -2.48. The summed E-state index contributed by atoms with van der Waals surface area (Å²) in [6.45, 7) is 4.59. The summed E-state index contributed by atoms with van der Waals surface area (Å²) in [5, 5.41) is 9.57.